The van der Waals surface area contributed by atoms with Crippen molar-refractivity contribution in [2.75, 3.05) is 0 Å². The highest BCUT2D eigenvalue weighted by Crippen LogP contribution is 2.09. The van der Waals surface area contributed by atoms with E-state index in [1.165, 1.54) is 0 Å². The van der Waals surface area contributed by atoms with Crippen LogP contribution in [0.4, 0.5) is 0 Å². The van der Waals surface area contributed by atoms with Crippen LogP contribution in [-0.2, 0) is 19.1 Å². The first-order chi connectivity index (χ1) is 6.34. The number of hydrogen-bond acceptors (Lipinski definition) is 6. The predicted molar refractivity (Wildman–Crippen MR) is 55.5 cm³/mol. The second-order valence-electron chi connectivity index (χ2n) is 2.66. The van der Waals surface area contributed by atoms with Crippen LogP contribution in [0, 0.1) is 0 Å². The van der Waals surface area contributed by atoms with Gasteiger partial charge in [-0.3, -0.25) is 0 Å². The molecule has 5 nitrogen and oxygen atoms in total. The Morgan fingerprint density at radius 3 is 2.07 bits per heavy atom. The third-order valence-corrected chi connectivity index (χ3v) is 1.70. The fourth-order valence-electron chi connectivity index (χ4n) is 0.526. The fraction of sp³-hybridized carbons (Fsp3) is 0.714. The Morgan fingerprint density at radius 2 is 1.71 bits per heavy atom. The van der Waals surface area contributed by atoms with Crippen molar-refractivity contribution in [1.29, 1.82) is 0 Å². The van der Waals surface area contributed by atoms with E-state index in [-0.39, 0.29) is 6.10 Å². The van der Waals surface area contributed by atoms with Crippen LogP contribution >= 0.6 is 25.3 Å². The van der Waals surface area contributed by atoms with Gasteiger partial charge in [0.25, 0.3) is 0 Å². The molecule has 0 aliphatic rings. The third kappa shape index (κ3) is 5.36. The average molecular weight is 240 g/mol. The molecule has 2 unspecified atom stereocenters. The molecule has 0 spiro atoms. The highest BCUT2D eigenvalue weighted by molar-refractivity contribution is 7.82. The van der Waals surface area contributed by atoms with E-state index in [4.69, 9.17) is 9.84 Å². The van der Waals surface area contributed by atoms with Gasteiger partial charge in [0.05, 0.1) is 6.10 Å². The molecule has 0 saturated carbocycles. The molecule has 2 atom stereocenters. The monoisotopic (exact) mass is 240 g/mol. The van der Waals surface area contributed by atoms with E-state index in [1.807, 2.05) is 0 Å². The maximum Gasteiger partial charge on any atom is 0.345 e. The van der Waals surface area contributed by atoms with Crippen molar-refractivity contribution in [3.8, 4) is 0 Å². The number of carboxylic acids is 1. The molecule has 1 N–H and O–H groups in total. The summed E-state index contributed by atoms with van der Waals surface area (Å²) >= 11 is 7.30. The van der Waals surface area contributed by atoms with E-state index in [0.29, 0.717) is 0 Å². The number of rotatable bonds is 5. The number of carbonyl (C=O) groups is 2. The maximum atomic E-state index is 11.1. The van der Waals surface area contributed by atoms with Crippen molar-refractivity contribution in [2.45, 2.75) is 30.8 Å². The minimum atomic E-state index is -1.39. The average Bonchev–Trinajstić information content (AvgIpc) is 2.02. The highest BCUT2D eigenvalue weighted by atomic mass is 32.1. The number of aliphatic carboxylic acids is 1. The fourth-order valence-corrected chi connectivity index (χ4v) is 0.927. The molecule has 0 fully saturated rings. The van der Waals surface area contributed by atoms with Crippen molar-refractivity contribution in [3.05, 3.63) is 0 Å². The molecule has 0 radical (unpaired) electrons. The topological polar surface area (TPSA) is 72.8 Å². The summed E-state index contributed by atoms with van der Waals surface area (Å²) in [6.45, 7) is 3.32. The molecule has 0 aliphatic heterocycles. The lowest BCUT2D eigenvalue weighted by molar-refractivity contribution is -0.159. The lowest BCUT2D eigenvalue weighted by Crippen LogP contribution is -2.29. The van der Waals surface area contributed by atoms with Gasteiger partial charge < -0.3 is 14.6 Å². The minimum absolute atomic E-state index is 0.302. The summed E-state index contributed by atoms with van der Waals surface area (Å²) in [7, 11) is 0. The standard InChI is InChI=1S/C7H12O5S2/c1-3(2)11-5(10)7(14)12-6(13)4(8)9/h3,6-7,13-14H,1-2H3,(H,8,9). The molecule has 0 aromatic carbocycles. The molecule has 7 heteroatoms. The third-order valence-electron chi connectivity index (χ3n) is 1.02. The first kappa shape index (κ1) is 13.6. The van der Waals surface area contributed by atoms with E-state index >= 15 is 0 Å². The molecule has 0 heterocycles. The number of thiol groups is 2. The Kier molecular flexibility index (Phi) is 5.98. The van der Waals surface area contributed by atoms with E-state index in [1.54, 1.807) is 13.8 Å². The van der Waals surface area contributed by atoms with Gasteiger partial charge in [-0.15, -0.1) is 25.3 Å². The number of ether oxygens (including phenoxy) is 2. The van der Waals surface area contributed by atoms with Gasteiger partial charge in [0.15, 0.2) is 10.9 Å². The van der Waals surface area contributed by atoms with Gasteiger partial charge in [0.1, 0.15) is 0 Å². The van der Waals surface area contributed by atoms with Crippen molar-refractivity contribution in [2.24, 2.45) is 0 Å². The smallest absolute Gasteiger partial charge is 0.345 e. The predicted octanol–water partition coefficient (Wildman–Crippen LogP) is 0.551. The minimum Gasteiger partial charge on any atom is -0.479 e. The van der Waals surface area contributed by atoms with Gasteiger partial charge in [-0.05, 0) is 13.8 Å². The summed E-state index contributed by atoms with van der Waals surface area (Å²) in [6.07, 6.45) is -0.302. The van der Waals surface area contributed by atoms with Crippen LogP contribution in [0.25, 0.3) is 0 Å². The van der Waals surface area contributed by atoms with Gasteiger partial charge in [-0.1, -0.05) is 0 Å². The second kappa shape index (κ2) is 6.15. The second-order valence-corrected chi connectivity index (χ2v) is 3.60. The Labute approximate surface area is 92.6 Å². The van der Waals surface area contributed by atoms with Crippen LogP contribution in [0.15, 0.2) is 0 Å². The zero-order chi connectivity index (χ0) is 11.3. The van der Waals surface area contributed by atoms with Crippen LogP contribution in [0.2, 0.25) is 0 Å². The molecule has 0 aromatic rings. The van der Waals surface area contributed by atoms with E-state index < -0.39 is 22.8 Å². The zero-order valence-corrected chi connectivity index (χ0v) is 9.50. The molecule has 0 bridgehead atoms. The van der Waals surface area contributed by atoms with E-state index in [2.05, 4.69) is 30.0 Å². The van der Waals surface area contributed by atoms with Crippen molar-refractivity contribution in [1.82, 2.24) is 0 Å². The van der Waals surface area contributed by atoms with Crippen LogP contribution in [0.1, 0.15) is 13.8 Å². The largest absolute Gasteiger partial charge is 0.479 e. The number of hydrogen-bond donors (Lipinski definition) is 3. The molecular weight excluding hydrogens is 228 g/mol. The molecule has 14 heavy (non-hydrogen) atoms. The van der Waals surface area contributed by atoms with Crippen LogP contribution in [-0.4, -0.2) is 34.0 Å². The lowest BCUT2D eigenvalue weighted by Gasteiger charge is -2.15. The van der Waals surface area contributed by atoms with Gasteiger partial charge >= 0.3 is 11.9 Å². The van der Waals surface area contributed by atoms with Gasteiger partial charge in [-0.25, -0.2) is 9.59 Å². The summed E-state index contributed by atoms with van der Waals surface area (Å²) in [5.74, 6) is -2.02. The molecule has 0 rings (SSSR count). The summed E-state index contributed by atoms with van der Waals surface area (Å²) < 4.78 is 9.35. The number of carboxylic acid groups (broad SMARTS) is 1. The Hall–Kier alpha value is -0.400. The van der Waals surface area contributed by atoms with Crippen LogP contribution in [0.5, 0.6) is 0 Å². The van der Waals surface area contributed by atoms with Gasteiger partial charge in [0.2, 0.25) is 0 Å². The summed E-state index contributed by atoms with van der Waals surface area (Å²) in [6, 6.07) is 0. The Bertz CT molecular complexity index is 218. The van der Waals surface area contributed by atoms with Crippen LogP contribution in [0.3, 0.4) is 0 Å². The Balaban J connectivity index is 4.01. The van der Waals surface area contributed by atoms with Crippen molar-refractivity contribution < 1.29 is 24.2 Å². The molecule has 0 saturated heterocycles. The lowest BCUT2D eigenvalue weighted by atomic mass is 10.5. The zero-order valence-electron chi connectivity index (χ0n) is 7.71. The van der Waals surface area contributed by atoms with Crippen LogP contribution < -0.4 is 0 Å². The van der Waals surface area contributed by atoms with Gasteiger partial charge in [0, 0.05) is 0 Å². The molecule has 82 valence electrons. The summed E-state index contributed by atoms with van der Waals surface area (Å²) in [4.78, 5) is 21.4. The Morgan fingerprint density at radius 1 is 1.21 bits per heavy atom. The molecular formula is C7H12O5S2. The number of esters is 1. The van der Waals surface area contributed by atoms with Crippen molar-refractivity contribution >= 4 is 37.2 Å². The number of carbonyl (C=O) groups excluding carboxylic acids is 1. The SMILES string of the molecule is CC(C)OC(=O)C(S)OC(S)C(=O)O. The molecule has 0 aliphatic carbocycles. The van der Waals surface area contributed by atoms with Crippen molar-refractivity contribution in [3.63, 3.8) is 0 Å². The maximum absolute atomic E-state index is 11.1. The quantitative estimate of drug-likeness (QED) is 0.372. The normalized spacial score (nSPS) is 14.9. The van der Waals surface area contributed by atoms with E-state index in [0.717, 1.165) is 0 Å². The first-order valence-electron chi connectivity index (χ1n) is 3.79. The van der Waals surface area contributed by atoms with Gasteiger partial charge in [-0.2, -0.15) is 0 Å². The van der Waals surface area contributed by atoms with E-state index in [9.17, 15) is 9.59 Å². The summed E-state index contributed by atoms with van der Waals surface area (Å²) in [5.41, 5.74) is -2.63. The summed E-state index contributed by atoms with van der Waals surface area (Å²) in [5, 5.41) is 8.41. The first-order valence-corrected chi connectivity index (χ1v) is 4.82. The molecule has 0 aromatic heterocycles. The highest BCUT2D eigenvalue weighted by Gasteiger charge is 2.23. The molecule has 0 amide bonds.